The number of nitrogens with zero attached hydrogens (tertiary/aromatic N) is 9. The molecule has 0 spiro atoms. The molecule has 0 aliphatic heterocycles. The average Bonchev–Trinajstić information content (AvgIpc) is 3.45. The first-order valence-electron chi connectivity index (χ1n) is 8.87. The van der Waals surface area contributed by atoms with E-state index < -0.39 is 0 Å². The van der Waals surface area contributed by atoms with Crippen LogP contribution in [0.4, 0.5) is 0 Å². The van der Waals surface area contributed by atoms with Gasteiger partial charge in [-0.25, -0.2) is 14.6 Å². The monoisotopic (exact) mass is 362 g/mol. The second kappa shape index (κ2) is 6.01. The highest BCUT2D eigenvalue weighted by Crippen LogP contribution is 2.19. The largest absolute Gasteiger partial charge is 0.354 e. The summed E-state index contributed by atoms with van der Waals surface area (Å²) in [6.45, 7) is 6.28. The number of aryl methyl sites for hydroxylation is 2. The third kappa shape index (κ3) is 2.57. The first kappa shape index (κ1) is 15.7. The summed E-state index contributed by atoms with van der Waals surface area (Å²) in [5, 5.41) is 17.0. The Balaban J connectivity index is 1.52. The van der Waals surface area contributed by atoms with Crippen molar-refractivity contribution in [3.63, 3.8) is 0 Å². The van der Waals surface area contributed by atoms with E-state index in [0.29, 0.717) is 17.8 Å². The van der Waals surface area contributed by atoms with Crippen LogP contribution in [0.3, 0.4) is 0 Å². The molecule has 1 N–H and O–H groups in total. The fourth-order valence-electron chi connectivity index (χ4n) is 3.19. The van der Waals surface area contributed by atoms with Gasteiger partial charge in [0.15, 0.2) is 5.65 Å². The van der Waals surface area contributed by atoms with E-state index in [1.54, 1.807) is 17.1 Å². The fourth-order valence-corrected chi connectivity index (χ4v) is 3.19. The van der Waals surface area contributed by atoms with Crippen LogP contribution in [0.15, 0.2) is 30.9 Å². The lowest BCUT2D eigenvalue weighted by atomic mass is 10.3. The van der Waals surface area contributed by atoms with Gasteiger partial charge in [-0.1, -0.05) is 5.21 Å². The van der Waals surface area contributed by atoms with Gasteiger partial charge < -0.3 is 4.98 Å². The van der Waals surface area contributed by atoms with E-state index in [4.69, 9.17) is 4.98 Å². The second-order valence-corrected chi connectivity index (χ2v) is 6.29. The molecule has 0 fully saturated rings. The average molecular weight is 362 g/mol. The Morgan fingerprint density at radius 3 is 2.78 bits per heavy atom. The predicted molar refractivity (Wildman–Crippen MR) is 98.9 cm³/mol. The molecule has 5 aromatic rings. The summed E-state index contributed by atoms with van der Waals surface area (Å²) in [6.07, 6.45) is 7.29. The van der Waals surface area contributed by atoms with Gasteiger partial charge in [0, 0.05) is 30.5 Å². The van der Waals surface area contributed by atoms with Crippen LogP contribution in [0.2, 0.25) is 0 Å². The van der Waals surface area contributed by atoms with Crippen LogP contribution in [0.25, 0.3) is 33.6 Å². The zero-order valence-electron chi connectivity index (χ0n) is 15.0. The van der Waals surface area contributed by atoms with Crippen molar-refractivity contribution in [3.05, 3.63) is 36.5 Å². The van der Waals surface area contributed by atoms with Crippen molar-refractivity contribution >= 4 is 22.3 Å². The highest BCUT2D eigenvalue weighted by atomic mass is 15.5. The Morgan fingerprint density at radius 1 is 1.04 bits per heavy atom. The van der Waals surface area contributed by atoms with Gasteiger partial charge in [0.2, 0.25) is 5.65 Å². The molecule has 0 bridgehead atoms. The molecule has 136 valence electrons. The summed E-state index contributed by atoms with van der Waals surface area (Å²) in [6, 6.07) is 2.09. The number of fused-ring (bicyclic) bond motifs is 2. The Labute approximate surface area is 153 Å². The molecule has 0 saturated carbocycles. The molecule has 10 nitrogen and oxygen atoms in total. The van der Waals surface area contributed by atoms with Crippen LogP contribution >= 0.6 is 0 Å². The minimum absolute atomic E-state index is 0.525. The van der Waals surface area contributed by atoms with Crippen molar-refractivity contribution in [1.29, 1.82) is 0 Å². The van der Waals surface area contributed by atoms with Gasteiger partial charge in [0.1, 0.15) is 0 Å². The molecule has 0 aliphatic rings. The first-order chi connectivity index (χ1) is 13.2. The van der Waals surface area contributed by atoms with Crippen LogP contribution in [0, 0.1) is 0 Å². The molecule has 5 heterocycles. The van der Waals surface area contributed by atoms with Gasteiger partial charge in [-0.05, 0) is 19.9 Å². The van der Waals surface area contributed by atoms with Crippen LogP contribution in [-0.4, -0.2) is 49.5 Å². The van der Waals surface area contributed by atoms with E-state index in [-0.39, 0.29) is 0 Å². The molecule has 5 rings (SSSR count). The molecule has 0 radical (unpaired) electrons. The minimum atomic E-state index is 0.525. The SMILES string of the molecule is CCn1cc(-c2cnc3nnn(Cc4cc5c(cnn5CC)[nH]4)c3n2)cn1. The number of aromatic nitrogens is 10. The van der Waals surface area contributed by atoms with Gasteiger partial charge in [-0.3, -0.25) is 9.36 Å². The summed E-state index contributed by atoms with van der Waals surface area (Å²) in [5.41, 5.74) is 5.95. The summed E-state index contributed by atoms with van der Waals surface area (Å²) in [7, 11) is 0. The van der Waals surface area contributed by atoms with Crippen LogP contribution in [0.5, 0.6) is 0 Å². The summed E-state index contributed by atoms with van der Waals surface area (Å²) in [5.74, 6) is 0. The maximum Gasteiger partial charge on any atom is 0.221 e. The van der Waals surface area contributed by atoms with E-state index in [9.17, 15) is 0 Å². The molecule has 0 saturated heterocycles. The number of H-pyrrole nitrogens is 1. The Morgan fingerprint density at radius 2 is 1.96 bits per heavy atom. The molecule has 27 heavy (non-hydrogen) atoms. The molecular formula is C17H18N10. The van der Waals surface area contributed by atoms with Gasteiger partial charge in [-0.2, -0.15) is 10.2 Å². The molecule has 0 unspecified atom stereocenters. The topological polar surface area (TPSA) is 108 Å². The van der Waals surface area contributed by atoms with Crippen LogP contribution < -0.4 is 0 Å². The third-order valence-electron chi connectivity index (χ3n) is 4.59. The third-order valence-corrected chi connectivity index (χ3v) is 4.59. The first-order valence-corrected chi connectivity index (χ1v) is 8.87. The summed E-state index contributed by atoms with van der Waals surface area (Å²) < 4.78 is 5.57. The van der Waals surface area contributed by atoms with Gasteiger partial charge >= 0.3 is 0 Å². The number of hydrogen-bond acceptors (Lipinski definition) is 6. The number of nitrogens with one attached hydrogen (secondary N) is 1. The van der Waals surface area contributed by atoms with Crippen molar-refractivity contribution in [1.82, 2.24) is 49.5 Å². The highest BCUT2D eigenvalue weighted by molar-refractivity contribution is 5.76. The molecule has 0 atom stereocenters. The van der Waals surface area contributed by atoms with Gasteiger partial charge in [0.05, 0.1) is 41.9 Å². The van der Waals surface area contributed by atoms with Gasteiger partial charge in [0.25, 0.3) is 0 Å². The van der Waals surface area contributed by atoms with E-state index in [1.807, 2.05) is 28.7 Å². The van der Waals surface area contributed by atoms with E-state index in [2.05, 4.69) is 43.5 Å². The lowest BCUT2D eigenvalue weighted by molar-refractivity contribution is 0.654. The lowest BCUT2D eigenvalue weighted by Crippen LogP contribution is -2.04. The van der Waals surface area contributed by atoms with E-state index >= 15 is 0 Å². The smallest absolute Gasteiger partial charge is 0.221 e. The number of rotatable bonds is 5. The maximum absolute atomic E-state index is 4.72. The standard InChI is InChI=1S/C17H18N10/c1-3-25-9-11(6-19-25)13-7-18-16-17(22-13)27(24-23-16)10-12-5-15-14(21-12)8-20-26(15)4-2/h5-9,21H,3-4,10H2,1-2H3. The van der Waals surface area contributed by atoms with Crippen molar-refractivity contribution in [2.24, 2.45) is 0 Å². The fraction of sp³-hybridized carbons (Fsp3) is 0.294. The molecular weight excluding hydrogens is 344 g/mol. The number of hydrogen-bond donors (Lipinski definition) is 1. The second-order valence-electron chi connectivity index (χ2n) is 6.29. The zero-order chi connectivity index (χ0) is 18.4. The molecule has 0 aromatic carbocycles. The Kier molecular flexibility index (Phi) is 3.49. The number of aromatic amines is 1. The highest BCUT2D eigenvalue weighted by Gasteiger charge is 2.13. The van der Waals surface area contributed by atoms with Gasteiger partial charge in [-0.15, -0.1) is 5.10 Å². The summed E-state index contributed by atoms with van der Waals surface area (Å²) >= 11 is 0. The minimum Gasteiger partial charge on any atom is -0.354 e. The quantitative estimate of drug-likeness (QED) is 0.511. The molecule has 0 amide bonds. The Hall–Kier alpha value is -3.56. The summed E-state index contributed by atoms with van der Waals surface area (Å²) in [4.78, 5) is 12.5. The molecule has 10 heteroatoms. The normalized spacial score (nSPS) is 11.8. The van der Waals surface area contributed by atoms with Crippen molar-refractivity contribution in [3.8, 4) is 11.3 Å². The van der Waals surface area contributed by atoms with E-state index in [0.717, 1.165) is 41.1 Å². The van der Waals surface area contributed by atoms with Crippen LogP contribution in [0.1, 0.15) is 19.5 Å². The lowest BCUT2D eigenvalue weighted by Gasteiger charge is -2.01. The van der Waals surface area contributed by atoms with Crippen molar-refractivity contribution < 1.29 is 0 Å². The van der Waals surface area contributed by atoms with Crippen LogP contribution in [-0.2, 0) is 19.6 Å². The predicted octanol–water partition coefficient (Wildman–Crippen LogP) is 1.85. The Bertz CT molecular complexity index is 1240. The van der Waals surface area contributed by atoms with E-state index in [1.165, 1.54) is 0 Å². The molecule has 5 aromatic heterocycles. The van der Waals surface area contributed by atoms with Crippen molar-refractivity contribution in [2.45, 2.75) is 33.5 Å². The molecule has 0 aliphatic carbocycles. The van der Waals surface area contributed by atoms with Crippen molar-refractivity contribution in [2.75, 3.05) is 0 Å². The maximum atomic E-state index is 4.72. The zero-order valence-corrected chi connectivity index (χ0v) is 15.0.